The molecule has 0 bridgehead atoms. The lowest BCUT2D eigenvalue weighted by molar-refractivity contribution is 0.0912. The molecule has 1 aliphatic heterocycles. The average Bonchev–Trinajstić information content (AvgIpc) is 3.36. The van der Waals surface area contributed by atoms with E-state index in [-0.39, 0.29) is 6.10 Å². The van der Waals surface area contributed by atoms with Crippen molar-refractivity contribution in [2.24, 2.45) is 0 Å². The molecule has 1 atom stereocenters. The third-order valence-electron chi connectivity index (χ3n) is 3.79. The topological polar surface area (TPSA) is 91.8 Å². The fourth-order valence-electron chi connectivity index (χ4n) is 2.55. The zero-order valence-electron chi connectivity index (χ0n) is 13.2. The molecule has 0 amide bonds. The molecule has 3 heterocycles. The highest BCUT2D eigenvalue weighted by Crippen LogP contribution is 2.23. The van der Waals surface area contributed by atoms with Crippen LogP contribution in [0, 0.1) is 0 Å². The van der Waals surface area contributed by atoms with Crippen LogP contribution in [0.15, 0.2) is 33.9 Å². The molecule has 4 rings (SSSR count). The number of hydrogen-bond donors (Lipinski definition) is 0. The minimum Gasteiger partial charge on any atom is -0.376 e. The van der Waals surface area contributed by atoms with Gasteiger partial charge >= 0.3 is 0 Å². The molecule has 1 unspecified atom stereocenters. The predicted molar refractivity (Wildman–Crippen MR) is 91.1 cm³/mol. The van der Waals surface area contributed by atoms with Gasteiger partial charge in [-0.05, 0) is 47.5 Å². The van der Waals surface area contributed by atoms with Gasteiger partial charge in [-0.1, -0.05) is 28.5 Å². The fraction of sp³-hybridized carbons (Fsp3) is 0.400. The smallest absolute Gasteiger partial charge is 0.237 e. The maximum absolute atomic E-state index is 5.89. The number of ether oxygens (including phenoxy) is 1. The number of aromatic nitrogens is 6. The van der Waals surface area contributed by atoms with Gasteiger partial charge in [-0.25, -0.2) is 4.68 Å². The highest BCUT2D eigenvalue weighted by Gasteiger charge is 2.19. The van der Waals surface area contributed by atoms with Crippen LogP contribution < -0.4 is 0 Å². The lowest BCUT2D eigenvalue weighted by Crippen LogP contribution is -2.16. The Morgan fingerprint density at radius 1 is 1.28 bits per heavy atom. The van der Waals surface area contributed by atoms with E-state index in [9.17, 15) is 0 Å². The van der Waals surface area contributed by atoms with E-state index in [1.807, 2.05) is 12.1 Å². The number of hydrogen-bond acceptors (Lipinski definition) is 8. The molecule has 10 heteroatoms. The summed E-state index contributed by atoms with van der Waals surface area (Å²) in [5.74, 6) is 1.54. The summed E-state index contributed by atoms with van der Waals surface area (Å²) in [5.41, 5.74) is 0.854. The Kier molecular flexibility index (Phi) is 4.95. The first kappa shape index (κ1) is 16.5. The molecule has 1 fully saturated rings. The summed E-state index contributed by atoms with van der Waals surface area (Å²) in [4.78, 5) is 4.40. The first-order chi connectivity index (χ1) is 12.3. The van der Waals surface area contributed by atoms with Crippen molar-refractivity contribution in [3.8, 4) is 11.4 Å². The maximum atomic E-state index is 5.89. The molecular weight excluding hydrogens is 364 g/mol. The van der Waals surface area contributed by atoms with E-state index in [0.29, 0.717) is 34.2 Å². The first-order valence-corrected chi connectivity index (χ1v) is 9.23. The Bertz CT molecular complexity index is 831. The van der Waals surface area contributed by atoms with Crippen LogP contribution in [0.5, 0.6) is 0 Å². The second-order valence-corrected chi connectivity index (χ2v) is 6.96. The van der Waals surface area contributed by atoms with Crippen molar-refractivity contribution in [1.82, 2.24) is 30.3 Å². The van der Waals surface area contributed by atoms with E-state index < -0.39 is 0 Å². The van der Waals surface area contributed by atoms with E-state index in [0.717, 1.165) is 25.0 Å². The highest BCUT2D eigenvalue weighted by molar-refractivity contribution is 7.98. The summed E-state index contributed by atoms with van der Waals surface area (Å²) < 4.78 is 12.7. The molecule has 8 nitrogen and oxygen atoms in total. The number of nitrogens with zero attached hydrogens (tertiary/aromatic N) is 6. The summed E-state index contributed by atoms with van der Waals surface area (Å²) in [6, 6.07) is 7.29. The molecule has 130 valence electrons. The van der Waals surface area contributed by atoms with Crippen molar-refractivity contribution in [2.75, 3.05) is 6.61 Å². The molecule has 1 saturated heterocycles. The molecule has 0 saturated carbocycles. The van der Waals surface area contributed by atoms with Gasteiger partial charge in [0.1, 0.15) is 0 Å². The molecule has 25 heavy (non-hydrogen) atoms. The zero-order valence-corrected chi connectivity index (χ0v) is 14.8. The van der Waals surface area contributed by atoms with Gasteiger partial charge in [-0.15, -0.1) is 5.10 Å². The molecule has 3 aromatic rings. The van der Waals surface area contributed by atoms with Crippen LogP contribution in [0.3, 0.4) is 0 Å². The van der Waals surface area contributed by atoms with Gasteiger partial charge in [0.2, 0.25) is 16.9 Å². The zero-order chi connectivity index (χ0) is 17.1. The number of tetrazole rings is 1. The van der Waals surface area contributed by atoms with E-state index in [1.54, 1.807) is 16.8 Å². The average molecular weight is 379 g/mol. The highest BCUT2D eigenvalue weighted by atomic mass is 35.5. The lowest BCUT2D eigenvalue weighted by atomic mass is 10.2. The molecule has 1 aromatic carbocycles. The van der Waals surface area contributed by atoms with Crippen molar-refractivity contribution in [3.05, 3.63) is 35.2 Å². The Hall–Kier alpha value is -1.97. The van der Waals surface area contributed by atoms with Crippen LogP contribution in [-0.4, -0.2) is 43.1 Å². The van der Waals surface area contributed by atoms with Crippen LogP contribution >= 0.6 is 23.4 Å². The monoisotopic (exact) mass is 378 g/mol. The van der Waals surface area contributed by atoms with Crippen molar-refractivity contribution >= 4 is 23.4 Å². The van der Waals surface area contributed by atoms with Crippen molar-refractivity contribution < 1.29 is 9.26 Å². The summed E-state index contributed by atoms with van der Waals surface area (Å²) in [7, 11) is 0. The Balaban J connectivity index is 1.39. The normalized spacial score (nSPS) is 17.2. The molecule has 0 spiro atoms. The minimum absolute atomic E-state index is 0.183. The SMILES string of the molecule is Clc1ccc(-c2noc(CSc3nnnn3CC3CCCO3)n2)cc1. The van der Waals surface area contributed by atoms with Crippen molar-refractivity contribution in [3.63, 3.8) is 0 Å². The third kappa shape index (κ3) is 4.00. The number of halogens is 1. The summed E-state index contributed by atoms with van der Waals surface area (Å²) in [6.45, 7) is 1.47. The molecule has 1 aliphatic rings. The molecule has 2 aromatic heterocycles. The molecule has 0 radical (unpaired) electrons. The van der Waals surface area contributed by atoms with Gasteiger partial charge in [0.05, 0.1) is 18.4 Å². The number of benzene rings is 1. The van der Waals surface area contributed by atoms with Crippen LogP contribution in [0.2, 0.25) is 5.02 Å². The minimum atomic E-state index is 0.183. The van der Waals surface area contributed by atoms with Crippen molar-refractivity contribution in [1.29, 1.82) is 0 Å². The van der Waals surface area contributed by atoms with Gasteiger partial charge < -0.3 is 9.26 Å². The van der Waals surface area contributed by atoms with Crippen LogP contribution in [0.25, 0.3) is 11.4 Å². The van der Waals surface area contributed by atoms with Gasteiger partial charge in [0, 0.05) is 17.2 Å². The Morgan fingerprint density at radius 2 is 2.16 bits per heavy atom. The lowest BCUT2D eigenvalue weighted by Gasteiger charge is -2.09. The van der Waals surface area contributed by atoms with E-state index >= 15 is 0 Å². The molecular formula is C15H15ClN6O2S. The largest absolute Gasteiger partial charge is 0.376 e. The van der Waals surface area contributed by atoms with E-state index in [2.05, 4.69) is 25.7 Å². The maximum Gasteiger partial charge on any atom is 0.237 e. The van der Waals surface area contributed by atoms with E-state index in [4.69, 9.17) is 20.9 Å². The molecule has 0 N–H and O–H groups in total. The summed E-state index contributed by atoms with van der Waals surface area (Å²) >= 11 is 7.34. The van der Waals surface area contributed by atoms with Crippen LogP contribution in [-0.2, 0) is 17.0 Å². The second-order valence-electron chi connectivity index (χ2n) is 5.59. The van der Waals surface area contributed by atoms with Crippen LogP contribution in [0.1, 0.15) is 18.7 Å². The first-order valence-electron chi connectivity index (χ1n) is 7.87. The standard InChI is InChI=1S/C15H15ClN6O2S/c16-11-5-3-10(4-6-11)14-17-13(24-19-14)9-25-15-18-20-21-22(15)8-12-2-1-7-23-12/h3-6,12H,1-2,7-9H2. The quantitative estimate of drug-likeness (QED) is 0.604. The summed E-state index contributed by atoms with van der Waals surface area (Å²) in [6.07, 6.45) is 2.31. The summed E-state index contributed by atoms with van der Waals surface area (Å²) in [5, 5.41) is 17.2. The fourth-order valence-corrected chi connectivity index (χ4v) is 3.40. The third-order valence-corrected chi connectivity index (χ3v) is 4.99. The van der Waals surface area contributed by atoms with Gasteiger partial charge in [0.25, 0.3) is 0 Å². The number of rotatable bonds is 6. The Morgan fingerprint density at radius 3 is 2.96 bits per heavy atom. The van der Waals surface area contributed by atoms with E-state index in [1.165, 1.54) is 11.8 Å². The van der Waals surface area contributed by atoms with Crippen LogP contribution in [0.4, 0.5) is 0 Å². The van der Waals surface area contributed by atoms with Crippen molar-refractivity contribution in [2.45, 2.75) is 36.4 Å². The second kappa shape index (κ2) is 7.51. The Labute approximate surface area is 152 Å². The molecule has 0 aliphatic carbocycles. The van der Waals surface area contributed by atoms with Gasteiger partial charge in [-0.2, -0.15) is 4.98 Å². The van der Waals surface area contributed by atoms with Gasteiger partial charge in [0.15, 0.2) is 0 Å². The predicted octanol–water partition coefficient (Wildman–Crippen LogP) is 2.85. The number of thioether (sulfide) groups is 1. The van der Waals surface area contributed by atoms with Gasteiger partial charge in [-0.3, -0.25) is 0 Å².